The van der Waals surface area contributed by atoms with Crippen molar-refractivity contribution in [3.63, 3.8) is 0 Å². The first kappa shape index (κ1) is 21.6. The molecule has 1 aliphatic carbocycles. The second kappa shape index (κ2) is 13.0. The van der Waals surface area contributed by atoms with Gasteiger partial charge >= 0.3 is 0 Å². The van der Waals surface area contributed by atoms with Crippen LogP contribution in [0, 0.1) is 0 Å². The summed E-state index contributed by atoms with van der Waals surface area (Å²) in [6.45, 7) is 12.1. The smallest absolute Gasteiger partial charge is 0.220 e. The third-order valence-electron chi connectivity index (χ3n) is 2.74. The first-order chi connectivity index (χ1) is 11.2. The molecule has 1 aliphatic rings. The number of allylic oxidation sites excluding steroid dienone is 3. The molecule has 0 heterocycles. The molecule has 126 valence electrons. The van der Waals surface area contributed by atoms with Gasteiger partial charge in [-0.15, -0.1) is 0 Å². The maximum Gasteiger partial charge on any atom is 0.220 e. The van der Waals surface area contributed by atoms with Gasteiger partial charge in [0.15, 0.2) is 0 Å². The largest absolute Gasteiger partial charge is 0.280 e. The van der Waals surface area contributed by atoms with Crippen molar-refractivity contribution in [2.24, 2.45) is 0 Å². The summed E-state index contributed by atoms with van der Waals surface area (Å²) in [7, 11) is 0. The van der Waals surface area contributed by atoms with Crippen molar-refractivity contribution in [3.05, 3.63) is 64.1 Å². The predicted octanol–water partition coefficient (Wildman–Crippen LogP) is 6.18. The van der Waals surface area contributed by atoms with Crippen molar-refractivity contribution in [3.8, 4) is 0 Å². The van der Waals surface area contributed by atoms with E-state index in [1.165, 1.54) is 15.4 Å². The molecule has 0 unspecified atom stereocenters. The zero-order chi connectivity index (χ0) is 17.7. The van der Waals surface area contributed by atoms with Crippen LogP contribution in [0.5, 0.6) is 0 Å². The third kappa shape index (κ3) is 8.10. The fraction of sp³-hybridized carbons (Fsp3) is 0.316. The number of fused-ring (bicyclic) bond motifs is 1. The molecule has 0 saturated heterocycles. The van der Waals surface area contributed by atoms with Crippen LogP contribution in [0.15, 0.2) is 47.4 Å². The average Bonchev–Trinajstić information content (AvgIpc) is 2.82. The molecule has 0 bridgehead atoms. The molecule has 0 aromatic heterocycles. The Hall–Kier alpha value is -1.45. The number of rotatable bonds is 5. The van der Waals surface area contributed by atoms with E-state index in [-0.39, 0.29) is 0 Å². The van der Waals surface area contributed by atoms with Gasteiger partial charge in [0.2, 0.25) is 6.41 Å². The molecule has 0 atom stereocenters. The molecule has 2 nitrogen and oxygen atoms in total. The minimum atomic E-state index is 0.382. The zero-order valence-corrected chi connectivity index (χ0v) is 16.0. The van der Waals surface area contributed by atoms with Gasteiger partial charge in [-0.2, -0.15) is 0 Å². The molecule has 0 fully saturated rings. The normalized spacial score (nSPS) is 11.0. The highest BCUT2D eigenvalue weighted by Gasteiger charge is 2.08. The Balaban J connectivity index is 0.00000112. The number of halogens is 1. The molecular weight excluding hydrogens is 326 g/mol. The van der Waals surface area contributed by atoms with Gasteiger partial charge in [-0.1, -0.05) is 88.4 Å². The number of benzene rings is 1. The van der Waals surface area contributed by atoms with Crippen LogP contribution in [0.25, 0.3) is 6.08 Å². The van der Waals surface area contributed by atoms with E-state index < -0.39 is 0 Å². The van der Waals surface area contributed by atoms with Gasteiger partial charge in [0.1, 0.15) is 0 Å². The number of hydrogen-bond acceptors (Lipinski definition) is 2. The van der Waals surface area contributed by atoms with Gasteiger partial charge in [0, 0.05) is 11.9 Å². The minimum Gasteiger partial charge on any atom is -0.280 e. The van der Waals surface area contributed by atoms with Gasteiger partial charge in [-0.05, 0) is 23.1 Å². The van der Waals surface area contributed by atoms with Gasteiger partial charge in [0.05, 0.1) is 10.9 Å². The van der Waals surface area contributed by atoms with Crippen LogP contribution < -0.4 is 0 Å². The Morgan fingerprint density at radius 3 is 2.61 bits per heavy atom. The Morgan fingerprint density at radius 1 is 1.30 bits per heavy atom. The van der Waals surface area contributed by atoms with Crippen LogP contribution >= 0.6 is 23.5 Å². The summed E-state index contributed by atoms with van der Waals surface area (Å²) in [5.41, 5.74) is 3.57. The summed E-state index contributed by atoms with van der Waals surface area (Å²) in [6, 6.07) is 6.24. The molecule has 23 heavy (non-hydrogen) atoms. The maximum atomic E-state index is 11.0. The molecule has 0 aliphatic heterocycles. The number of hydrogen-bond donors (Lipinski definition) is 0. The van der Waals surface area contributed by atoms with Crippen LogP contribution in [-0.2, 0) is 17.8 Å². The standard InChI is InChI=1S/C15H14ClNOS.2C2H6/c1-12(16)19-17(11-18)10-13-7-8-14-5-3-2-4-6-15(14)9-13;2*1-2/h2-5,7-9,11H,1,6,10H2;2*1-2H3. The summed E-state index contributed by atoms with van der Waals surface area (Å²) >= 11 is 6.85. The molecule has 0 saturated carbocycles. The summed E-state index contributed by atoms with van der Waals surface area (Å²) in [5.74, 6) is 0. The summed E-state index contributed by atoms with van der Waals surface area (Å²) in [5, 5.41) is 0. The molecule has 0 N–H and O–H groups in total. The monoisotopic (exact) mass is 351 g/mol. The van der Waals surface area contributed by atoms with E-state index in [0.29, 0.717) is 10.9 Å². The lowest BCUT2D eigenvalue weighted by Crippen LogP contribution is -2.12. The van der Waals surface area contributed by atoms with Crippen molar-refractivity contribution in [1.82, 2.24) is 4.31 Å². The lowest BCUT2D eigenvalue weighted by atomic mass is 10.0. The highest BCUT2D eigenvalue weighted by Crippen LogP contribution is 2.24. The van der Waals surface area contributed by atoms with Crippen LogP contribution in [0.2, 0.25) is 0 Å². The topological polar surface area (TPSA) is 20.3 Å². The highest BCUT2D eigenvalue weighted by atomic mass is 35.5. The fourth-order valence-electron chi connectivity index (χ4n) is 1.93. The van der Waals surface area contributed by atoms with Crippen molar-refractivity contribution in [2.45, 2.75) is 40.7 Å². The summed E-state index contributed by atoms with van der Waals surface area (Å²) in [6.07, 6.45) is 9.98. The Labute approximate surface area is 150 Å². The molecular formula is C19H26ClNOS. The lowest BCUT2D eigenvalue weighted by molar-refractivity contribution is -0.114. The lowest BCUT2D eigenvalue weighted by Gasteiger charge is -2.16. The summed E-state index contributed by atoms with van der Waals surface area (Å²) < 4.78 is 1.91. The van der Waals surface area contributed by atoms with Crippen LogP contribution in [0.1, 0.15) is 44.4 Å². The van der Waals surface area contributed by atoms with E-state index in [1.54, 1.807) is 0 Å². The Kier molecular flexibility index (Phi) is 12.2. The number of carbonyl (C=O) groups excluding carboxylic acids is 1. The maximum absolute atomic E-state index is 11.0. The Bertz CT molecular complexity index is 552. The quantitative estimate of drug-likeness (QED) is 0.466. The predicted molar refractivity (Wildman–Crippen MR) is 105 cm³/mol. The van der Waals surface area contributed by atoms with Gasteiger partial charge in [0.25, 0.3) is 0 Å². The van der Waals surface area contributed by atoms with Crippen molar-refractivity contribution < 1.29 is 4.79 Å². The molecule has 0 radical (unpaired) electrons. The number of carbonyl (C=O) groups is 1. The van der Waals surface area contributed by atoms with Crippen LogP contribution in [0.4, 0.5) is 0 Å². The molecule has 1 aromatic carbocycles. The fourth-order valence-corrected chi connectivity index (χ4v) is 2.70. The second-order valence-corrected chi connectivity index (χ2v) is 5.98. The van der Waals surface area contributed by atoms with E-state index in [0.717, 1.165) is 30.3 Å². The van der Waals surface area contributed by atoms with Crippen LogP contribution in [-0.4, -0.2) is 10.7 Å². The molecule has 1 aromatic rings. The van der Waals surface area contributed by atoms with Gasteiger partial charge < -0.3 is 0 Å². The summed E-state index contributed by atoms with van der Waals surface area (Å²) in [4.78, 5) is 11.0. The van der Waals surface area contributed by atoms with Crippen molar-refractivity contribution in [1.29, 1.82) is 0 Å². The number of amides is 1. The first-order valence-corrected chi connectivity index (χ1v) is 9.03. The van der Waals surface area contributed by atoms with Gasteiger partial charge in [-0.3, -0.25) is 9.10 Å². The molecule has 1 amide bonds. The average molecular weight is 352 g/mol. The molecule has 2 rings (SSSR count). The van der Waals surface area contributed by atoms with E-state index in [1.807, 2.05) is 45.9 Å². The van der Waals surface area contributed by atoms with Crippen LogP contribution in [0.3, 0.4) is 0 Å². The van der Waals surface area contributed by atoms with Gasteiger partial charge in [-0.25, -0.2) is 0 Å². The van der Waals surface area contributed by atoms with Crippen molar-refractivity contribution in [2.75, 3.05) is 0 Å². The van der Waals surface area contributed by atoms with E-state index >= 15 is 0 Å². The minimum absolute atomic E-state index is 0.382. The molecule has 0 spiro atoms. The molecule has 4 heteroatoms. The third-order valence-corrected chi connectivity index (χ3v) is 3.60. The second-order valence-electron chi connectivity index (χ2n) is 4.15. The van der Waals surface area contributed by atoms with E-state index in [4.69, 9.17) is 11.6 Å². The SMILES string of the molecule is C=C(Cl)SN(C=O)Cc1ccc2c(c1)CC=CC=C2.CC.CC. The van der Waals surface area contributed by atoms with E-state index in [2.05, 4.69) is 30.9 Å². The van der Waals surface area contributed by atoms with E-state index in [9.17, 15) is 4.79 Å². The first-order valence-electron chi connectivity index (χ1n) is 7.88. The Morgan fingerprint density at radius 2 is 2.00 bits per heavy atom. The highest BCUT2D eigenvalue weighted by molar-refractivity contribution is 8.02. The number of nitrogens with zero attached hydrogens (tertiary/aromatic N) is 1. The zero-order valence-electron chi connectivity index (χ0n) is 14.4. The van der Waals surface area contributed by atoms with Crippen molar-refractivity contribution >= 4 is 36.0 Å².